The van der Waals surface area contributed by atoms with Gasteiger partial charge in [0.15, 0.2) is 0 Å². The molecule has 1 aliphatic carbocycles. The summed E-state index contributed by atoms with van der Waals surface area (Å²) < 4.78 is 14.2. The minimum Gasteiger partial charge on any atom is -0.365 e. The molecule has 2 N–H and O–H groups in total. The molecule has 4 nitrogen and oxygen atoms in total. The lowest BCUT2D eigenvalue weighted by molar-refractivity contribution is 0.587. The molecule has 1 aromatic heterocycles. The monoisotopic (exact) mass is 364 g/mol. The van der Waals surface area contributed by atoms with E-state index in [0.717, 1.165) is 27.8 Å². The maximum Gasteiger partial charge on any atom is 0.137 e. The molecule has 0 bridgehead atoms. The largest absolute Gasteiger partial charge is 0.365 e. The van der Waals surface area contributed by atoms with E-state index < -0.39 is 0 Å². The van der Waals surface area contributed by atoms with E-state index in [1.165, 1.54) is 12.8 Å². The second-order valence-electron chi connectivity index (χ2n) is 8.29. The van der Waals surface area contributed by atoms with Gasteiger partial charge in [0, 0.05) is 29.1 Å². The summed E-state index contributed by atoms with van der Waals surface area (Å²) >= 11 is 0. The molecule has 0 spiro atoms. The van der Waals surface area contributed by atoms with E-state index in [-0.39, 0.29) is 11.4 Å². The van der Waals surface area contributed by atoms with Crippen molar-refractivity contribution < 1.29 is 4.39 Å². The fourth-order valence-electron chi connectivity index (χ4n) is 3.12. The highest BCUT2D eigenvalue weighted by atomic mass is 19.1. The summed E-state index contributed by atoms with van der Waals surface area (Å²) in [4.78, 5) is 8.80. The summed E-state index contributed by atoms with van der Waals surface area (Å²) in [6, 6.07) is 12.0. The van der Waals surface area contributed by atoms with Gasteiger partial charge in [-0.3, -0.25) is 0 Å². The predicted octanol–water partition coefficient (Wildman–Crippen LogP) is 4.90. The lowest BCUT2D eigenvalue weighted by Crippen LogP contribution is -2.26. The van der Waals surface area contributed by atoms with E-state index in [1.54, 1.807) is 12.4 Å². The number of benzene rings is 2. The van der Waals surface area contributed by atoms with Gasteiger partial charge < -0.3 is 10.6 Å². The normalized spacial score (nSPS) is 14.5. The van der Waals surface area contributed by atoms with Gasteiger partial charge in [-0.1, -0.05) is 12.1 Å². The average Bonchev–Trinajstić information content (AvgIpc) is 3.44. The number of nitrogens with one attached hydrogen (secondary N) is 2. The van der Waals surface area contributed by atoms with Gasteiger partial charge in [-0.25, -0.2) is 14.4 Å². The molecule has 0 aliphatic heterocycles. The first-order valence-corrected chi connectivity index (χ1v) is 9.44. The van der Waals surface area contributed by atoms with Crippen LogP contribution in [0.25, 0.3) is 22.0 Å². The maximum absolute atomic E-state index is 14.2. The Morgan fingerprint density at radius 2 is 1.78 bits per heavy atom. The quantitative estimate of drug-likeness (QED) is 0.676. The van der Waals surface area contributed by atoms with E-state index in [2.05, 4.69) is 47.4 Å². The van der Waals surface area contributed by atoms with Crippen molar-refractivity contribution in [3.63, 3.8) is 0 Å². The van der Waals surface area contributed by atoms with Crippen molar-refractivity contribution in [2.24, 2.45) is 0 Å². The SMILES string of the molecule is CC(C)(C)Nc1ncnc2ccc(-c3ccc(F)c(CNC4CC4)c3)cc12. The first kappa shape index (κ1) is 17.9. The summed E-state index contributed by atoms with van der Waals surface area (Å²) in [5, 5.41) is 7.79. The van der Waals surface area contributed by atoms with Gasteiger partial charge in [0.05, 0.1) is 5.52 Å². The summed E-state index contributed by atoms with van der Waals surface area (Å²) in [7, 11) is 0. The molecular formula is C22H25FN4. The van der Waals surface area contributed by atoms with Crippen molar-refractivity contribution in [3.05, 3.63) is 54.1 Å². The summed E-state index contributed by atoms with van der Waals surface area (Å²) in [5.74, 6) is 0.651. The van der Waals surface area contributed by atoms with Gasteiger partial charge in [-0.15, -0.1) is 0 Å². The number of nitrogens with zero attached hydrogens (tertiary/aromatic N) is 2. The Labute approximate surface area is 159 Å². The molecule has 1 fully saturated rings. The van der Waals surface area contributed by atoms with Crippen molar-refractivity contribution in [1.82, 2.24) is 15.3 Å². The fraction of sp³-hybridized carbons (Fsp3) is 0.364. The zero-order chi connectivity index (χ0) is 19.0. The zero-order valence-corrected chi connectivity index (χ0v) is 16.0. The van der Waals surface area contributed by atoms with Crippen LogP contribution >= 0.6 is 0 Å². The summed E-state index contributed by atoms with van der Waals surface area (Å²) in [5.41, 5.74) is 3.52. The Morgan fingerprint density at radius 3 is 2.52 bits per heavy atom. The molecule has 0 amide bonds. The second kappa shape index (κ2) is 6.89. The van der Waals surface area contributed by atoms with E-state index in [0.29, 0.717) is 18.2 Å². The van der Waals surface area contributed by atoms with Crippen LogP contribution in [0, 0.1) is 5.82 Å². The van der Waals surface area contributed by atoms with Gasteiger partial charge in [0.25, 0.3) is 0 Å². The Hall–Kier alpha value is -2.53. The molecule has 1 heterocycles. The molecule has 4 rings (SSSR count). The van der Waals surface area contributed by atoms with Crippen molar-refractivity contribution in [2.45, 2.75) is 51.7 Å². The third-order valence-electron chi connectivity index (χ3n) is 4.67. The molecule has 0 unspecified atom stereocenters. The van der Waals surface area contributed by atoms with Gasteiger partial charge >= 0.3 is 0 Å². The standard InChI is InChI=1S/C22H25FN4/c1-22(2,3)27-21-18-11-15(5-9-20(18)25-13-26-21)14-4-8-19(23)16(10-14)12-24-17-6-7-17/h4-5,8-11,13,17,24H,6-7,12H2,1-3H3,(H,25,26,27). The van der Waals surface area contributed by atoms with Crippen LogP contribution in [0.3, 0.4) is 0 Å². The number of fused-ring (bicyclic) bond motifs is 1. The zero-order valence-electron chi connectivity index (χ0n) is 16.0. The Kier molecular flexibility index (Phi) is 4.56. The third-order valence-corrected chi connectivity index (χ3v) is 4.67. The Balaban J connectivity index is 1.70. The number of rotatable bonds is 5. The molecule has 1 saturated carbocycles. The highest BCUT2D eigenvalue weighted by Crippen LogP contribution is 2.29. The Morgan fingerprint density at radius 1 is 1.04 bits per heavy atom. The van der Waals surface area contributed by atoms with E-state index >= 15 is 0 Å². The molecule has 5 heteroatoms. The number of hydrogen-bond acceptors (Lipinski definition) is 4. The maximum atomic E-state index is 14.2. The van der Waals surface area contributed by atoms with Gasteiger partial charge in [-0.2, -0.15) is 0 Å². The molecule has 0 atom stereocenters. The smallest absolute Gasteiger partial charge is 0.137 e. The molecular weight excluding hydrogens is 339 g/mol. The highest BCUT2D eigenvalue weighted by Gasteiger charge is 2.20. The van der Waals surface area contributed by atoms with Crippen LogP contribution in [-0.4, -0.2) is 21.5 Å². The predicted molar refractivity (Wildman–Crippen MR) is 108 cm³/mol. The molecule has 27 heavy (non-hydrogen) atoms. The minimum absolute atomic E-state index is 0.102. The van der Waals surface area contributed by atoms with Gasteiger partial charge in [-0.05, 0) is 69.0 Å². The summed E-state index contributed by atoms with van der Waals surface area (Å²) in [6.07, 6.45) is 3.96. The second-order valence-corrected chi connectivity index (χ2v) is 8.29. The lowest BCUT2D eigenvalue weighted by Gasteiger charge is -2.22. The van der Waals surface area contributed by atoms with E-state index in [9.17, 15) is 4.39 Å². The van der Waals surface area contributed by atoms with Gasteiger partial charge in [0.2, 0.25) is 0 Å². The first-order valence-electron chi connectivity index (χ1n) is 9.44. The van der Waals surface area contributed by atoms with Crippen LogP contribution in [0.5, 0.6) is 0 Å². The van der Waals surface area contributed by atoms with Crippen molar-refractivity contribution in [2.75, 3.05) is 5.32 Å². The van der Waals surface area contributed by atoms with Crippen LogP contribution < -0.4 is 10.6 Å². The molecule has 0 radical (unpaired) electrons. The first-order chi connectivity index (χ1) is 12.9. The highest BCUT2D eigenvalue weighted by molar-refractivity contribution is 5.92. The third kappa shape index (κ3) is 4.25. The Bertz CT molecular complexity index is 974. The van der Waals surface area contributed by atoms with Crippen molar-refractivity contribution in [3.8, 4) is 11.1 Å². The molecule has 140 valence electrons. The van der Waals surface area contributed by atoms with E-state index in [4.69, 9.17) is 0 Å². The lowest BCUT2D eigenvalue weighted by atomic mass is 10.0. The fourth-order valence-corrected chi connectivity index (χ4v) is 3.12. The number of halogens is 1. The van der Waals surface area contributed by atoms with Crippen LogP contribution in [0.15, 0.2) is 42.7 Å². The van der Waals surface area contributed by atoms with Gasteiger partial charge in [0.1, 0.15) is 18.0 Å². The minimum atomic E-state index is -0.161. The number of hydrogen-bond donors (Lipinski definition) is 2. The van der Waals surface area contributed by atoms with Crippen LogP contribution in [0.4, 0.5) is 10.2 Å². The average molecular weight is 364 g/mol. The molecule has 0 saturated heterocycles. The van der Waals surface area contributed by atoms with Crippen LogP contribution in [-0.2, 0) is 6.54 Å². The van der Waals surface area contributed by atoms with Crippen LogP contribution in [0.2, 0.25) is 0 Å². The number of aromatic nitrogens is 2. The topological polar surface area (TPSA) is 49.8 Å². The molecule has 2 aromatic carbocycles. The van der Waals surface area contributed by atoms with E-state index in [1.807, 2.05) is 24.3 Å². The number of anilines is 1. The van der Waals surface area contributed by atoms with Crippen LogP contribution in [0.1, 0.15) is 39.2 Å². The summed E-state index contributed by atoms with van der Waals surface area (Å²) in [6.45, 7) is 6.87. The molecule has 3 aromatic rings. The van der Waals surface area contributed by atoms with Crippen molar-refractivity contribution in [1.29, 1.82) is 0 Å². The van der Waals surface area contributed by atoms with Crippen molar-refractivity contribution >= 4 is 16.7 Å². The molecule has 1 aliphatic rings.